The molecule has 19 heavy (non-hydrogen) atoms. The molecule has 1 amide bonds. The fraction of sp³-hybridized carbons (Fsp3) is 0.231. The molecule has 6 heteroatoms. The van der Waals surface area contributed by atoms with E-state index in [0.717, 1.165) is 0 Å². The summed E-state index contributed by atoms with van der Waals surface area (Å²) in [6, 6.07) is 6.93. The van der Waals surface area contributed by atoms with Crippen molar-refractivity contribution in [2.24, 2.45) is 5.73 Å². The number of hydrogen-bond acceptors (Lipinski definition) is 4. The lowest BCUT2D eigenvalue weighted by Gasteiger charge is -2.12. The Morgan fingerprint density at radius 3 is 2.68 bits per heavy atom. The number of nitrogens with two attached hydrogens (primary N) is 1. The van der Waals surface area contributed by atoms with E-state index in [1.165, 1.54) is 0 Å². The zero-order valence-electron chi connectivity index (χ0n) is 10.4. The molecule has 0 bridgehead atoms. The van der Waals surface area contributed by atoms with Crippen LogP contribution in [0.1, 0.15) is 16.1 Å². The van der Waals surface area contributed by atoms with Crippen LogP contribution in [-0.4, -0.2) is 35.5 Å². The van der Waals surface area contributed by atoms with Gasteiger partial charge in [-0.3, -0.25) is 9.69 Å². The highest BCUT2D eigenvalue weighted by molar-refractivity contribution is 6.03. The number of aromatic carboxylic acids is 1. The van der Waals surface area contributed by atoms with Crippen molar-refractivity contribution in [1.29, 1.82) is 0 Å². The number of carboxylic acids is 1. The van der Waals surface area contributed by atoms with Gasteiger partial charge in [0.2, 0.25) is 5.91 Å². The van der Waals surface area contributed by atoms with Crippen molar-refractivity contribution in [3.63, 3.8) is 0 Å². The van der Waals surface area contributed by atoms with E-state index in [0.29, 0.717) is 16.7 Å². The molecule has 2 rings (SSSR count). The Bertz CT molecular complexity index is 633. The van der Waals surface area contributed by atoms with Gasteiger partial charge in [-0.25, -0.2) is 4.79 Å². The summed E-state index contributed by atoms with van der Waals surface area (Å²) >= 11 is 0. The van der Waals surface area contributed by atoms with Gasteiger partial charge in [0.15, 0.2) is 0 Å². The van der Waals surface area contributed by atoms with E-state index in [4.69, 9.17) is 10.2 Å². The molecule has 1 aromatic carbocycles. The van der Waals surface area contributed by atoms with E-state index >= 15 is 0 Å². The summed E-state index contributed by atoms with van der Waals surface area (Å²) in [5, 5.41) is 9.83. The Morgan fingerprint density at radius 2 is 2.05 bits per heavy atom. The zero-order chi connectivity index (χ0) is 14.0. The molecule has 0 unspecified atom stereocenters. The monoisotopic (exact) mass is 262 g/mol. The number of carbonyl (C=O) groups is 2. The number of carboxylic acid groups (broad SMARTS) is 1. The first kappa shape index (κ1) is 13.1. The minimum Gasteiger partial charge on any atom is -0.478 e. The first-order chi connectivity index (χ1) is 8.99. The van der Waals surface area contributed by atoms with Crippen molar-refractivity contribution in [2.75, 3.05) is 13.6 Å². The molecule has 0 radical (unpaired) electrons. The number of nitrogens with zero attached hydrogens (tertiary/aromatic N) is 1. The molecule has 0 fully saturated rings. The van der Waals surface area contributed by atoms with Gasteiger partial charge in [-0.1, -0.05) is 18.2 Å². The predicted molar refractivity (Wildman–Crippen MR) is 68.7 cm³/mol. The zero-order valence-corrected chi connectivity index (χ0v) is 10.4. The number of fused-ring (bicyclic) bond motifs is 1. The van der Waals surface area contributed by atoms with Crippen LogP contribution in [0.15, 0.2) is 28.7 Å². The summed E-state index contributed by atoms with van der Waals surface area (Å²) in [7, 11) is 1.67. The minimum atomic E-state index is -1.05. The maximum atomic E-state index is 11.3. The molecule has 1 heterocycles. The first-order valence-corrected chi connectivity index (χ1v) is 5.69. The highest BCUT2D eigenvalue weighted by Gasteiger charge is 2.21. The van der Waals surface area contributed by atoms with Crippen LogP contribution in [0.3, 0.4) is 0 Å². The van der Waals surface area contributed by atoms with Gasteiger partial charge in [0.25, 0.3) is 0 Å². The molecule has 0 saturated carbocycles. The molecule has 0 aliphatic rings. The topological polar surface area (TPSA) is 96.8 Å². The summed E-state index contributed by atoms with van der Waals surface area (Å²) in [5.74, 6) is -1.21. The molecule has 0 aliphatic heterocycles. The Labute approximate surface area is 109 Å². The number of para-hydroxylation sites is 1. The molecule has 0 saturated heterocycles. The molecule has 6 nitrogen and oxygen atoms in total. The van der Waals surface area contributed by atoms with E-state index < -0.39 is 11.9 Å². The molecule has 0 spiro atoms. The Morgan fingerprint density at radius 1 is 1.37 bits per heavy atom. The second kappa shape index (κ2) is 5.11. The number of rotatable bonds is 5. The lowest BCUT2D eigenvalue weighted by Crippen LogP contribution is -2.30. The predicted octanol–water partition coefficient (Wildman–Crippen LogP) is 1.05. The maximum absolute atomic E-state index is 11.3. The van der Waals surface area contributed by atoms with Crippen LogP contribution >= 0.6 is 0 Å². The Hall–Kier alpha value is -2.34. The highest BCUT2D eigenvalue weighted by atomic mass is 16.4. The van der Waals surface area contributed by atoms with Gasteiger partial charge in [0.1, 0.15) is 16.9 Å². The number of primary amides is 1. The van der Waals surface area contributed by atoms with Crippen molar-refractivity contribution >= 4 is 22.8 Å². The fourth-order valence-corrected chi connectivity index (χ4v) is 2.01. The number of carbonyl (C=O) groups excluding carboxylic acids is 1. The van der Waals surface area contributed by atoms with Gasteiger partial charge in [0.05, 0.1) is 13.1 Å². The third kappa shape index (κ3) is 2.74. The molecule has 3 N–H and O–H groups in total. The Balaban J connectivity index is 2.39. The van der Waals surface area contributed by atoms with Crippen LogP contribution in [0, 0.1) is 0 Å². The largest absolute Gasteiger partial charge is 0.478 e. The minimum absolute atomic E-state index is 0.0378. The van der Waals surface area contributed by atoms with Gasteiger partial charge in [-0.15, -0.1) is 0 Å². The van der Waals surface area contributed by atoms with Gasteiger partial charge in [-0.2, -0.15) is 0 Å². The normalized spacial score (nSPS) is 11.1. The smallest absolute Gasteiger partial charge is 0.339 e. The number of benzene rings is 1. The van der Waals surface area contributed by atoms with E-state index in [1.807, 2.05) is 0 Å². The standard InChI is InChI=1S/C13H14N2O4/c1-15(7-11(14)16)6-10-12(13(17)18)8-4-2-3-5-9(8)19-10/h2-5H,6-7H2,1H3,(H2,14,16)(H,17,18). The Kier molecular flexibility index (Phi) is 3.52. The second-order valence-corrected chi connectivity index (χ2v) is 4.34. The first-order valence-electron chi connectivity index (χ1n) is 5.69. The number of likely N-dealkylation sites (N-methyl/N-ethyl adjacent to an activating group) is 1. The van der Waals surface area contributed by atoms with Crippen molar-refractivity contribution in [1.82, 2.24) is 4.90 Å². The van der Waals surface area contributed by atoms with E-state index in [2.05, 4.69) is 0 Å². The third-order valence-electron chi connectivity index (χ3n) is 2.72. The number of furan rings is 1. The summed E-state index contributed by atoms with van der Waals surface area (Å²) in [6.07, 6.45) is 0. The van der Waals surface area contributed by atoms with E-state index in [-0.39, 0.29) is 18.7 Å². The van der Waals surface area contributed by atoms with Crippen LogP contribution in [0.5, 0.6) is 0 Å². The van der Waals surface area contributed by atoms with E-state index in [9.17, 15) is 14.7 Å². The lowest BCUT2D eigenvalue weighted by atomic mass is 10.1. The molecular formula is C13H14N2O4. The van der Waals surface area contributed by atoms with Crippen molar-refractivity contribution in [3.8, 4) is 0 Å². The molecule has 0 aliphatic carbocycles. The summed E-state index contributed by atoms with van der Waals surface area (Å²) in [5.41, 5.74) is 5.74. The summed E-state index contributed by atoms with van der Waals surface area (Å²) < 4.78 is 5.54. The van der Waals surface area contributed by atoms with Crippen molar-refractivity contribution < 1.29 is 19.1 Å². The van der Waals surface area contributed by atoms with Gasteiger partial charge >= 0.3 is 5.97 Å². The van der Waals surface area contributed by atoms with Gasteiger partial charge < -0.3 is 15.3 Å². The summed E-state index contributed by atoms with van der Waals surface area (Å²) in [4.78, 5) is 23.8. The number of amides is 1. The highest BCUT2D eigenvalue weighted by Crippen LogP contribution is 2.26. The molecule has 100 valence electrons. The van der Waals surface area contributed by atoms with Crippen LogP contribution in [0.4, 0.5) is 0 Å². The molecular weight excluding hydrogens is 248 g/mol. The van der Waals surface area contributed by atoms with Crippen LogP contribution < -0.4 is 5.73 Å². The molecule has 1 aromatic heterocycles. The molecule has 0 atom stereocenters. The third-order valence-corrected chi connectivity index (χ3v) is 2.72. The van der Waals surface area contributed by atoms with Crippen LogP contribution in [0.25, 0.3) is 11.0 Å². The average molecular weight is 262 g/mol. The molecule has 2 aromatic rings. The van der Waals surface area contributed by atoms with E-state index in [1.54, 1.807) is 36.2 Å². The van der Waals surface area contributed by atoms with Crippen LogP contribution in [-0.2, 0) is 11.3 Å². The maximum Gasteiger partial charge on any atom is 0.339 e. The average Bonchev–Trinajstić information content (AvgIpc) is 2.64. The second-order valence-electron chi connectivity index (χ2n) is 4.34. The van der Waals surface area contributed by atoms with Crippen LogP contribution in [0.2, 0.25) is 0 Å². The number of hydrogen-bond donors (Lipinski definition) is 2. The van der Waals surface area contributed by atoms with Gasteiger partial charge in [0, 0.05) is 5.39 Å². The summed E-state index contributed by atoms with van der Waals surface area (Å²) in [6.45, 7) is 0.245. The quantitative estimate of drug-likeness (QED) is 0.839. The SMILES string of the molecule is CN(CC(N)=O)Cc1oc2ccccc2c1C(=O)O. The van der Waals surface area contributed by atoms with Crippen molar-refractivity contribution in [2.45, 2.75) is 6.54 Å². The van der Waals surface area contributed by atoms with Crippen molar-refractivity contribution in [3.05, 3.63) is 35.6 Å². The van der Waals surface area contributed by atoms with Gasteiger partial charge in [-0.05, 0) is 13.1 Å². The fourth-order valence-electron chi connectivity index (χ4n) is 2.01. The lowest BCUT2D eigenvalue weighted by molar-refractivity contribution is -0.119.